The molecule has 5 nitrogen and oxygen atoms in total. The molecule has 1 N–H and O–H groups in total. The molecule has 0 amide bonds. The summed E-state index contributed by atoms with van der Waals surface area (Å²) in [6, 6.07) is 8.51. The number of hydrogen-bond acceptors (Lipinski definition) is 4. The summed E-state index contributed by atoms with van der Waals surface area (Å²) in [5, 5.41) is 8.85. The fourth-order valence-corrected chi connectivity index (χ4v) is 3.40. The smallest absolute Gasteiger partial charge is 0.216 e. The molecule has 1 aromatic heterocycles. The van der Waals surface area contributed by atoms with Gasteiger partial charge in [0.05, 0.1) is 18.4 Å². The molecule has 0 aliphatic carbocycles. The predicted octanol–water partition coefficient (Wildman–Crippen LogP) is 2.76. The van der Waals surface area contributed by atoms with Gasteiger partial charge in [-0.15, -0.1) is 0 Å². The number of rotatable bonds is 5. The number of benzene rings is 1. The Balaban J connectivity index is 1.61. The van der Waals surface area contributed by atoms with Crippen molar-refractivity contribution in [3.05, 3.63) is 40.5 Å². The SMILES string of the molecule is COc1c(CN[C@H]2CCN(c3cccc(Cl)c3)C2)c(C)nn1C. The molecule has 1 aliphatic rings. The van der Waals surface area contributed by atoms with Gasteiger partial charge in [-0.1, -0.05) is 17.7 Å². The van der Waals surface area contributed by atoms with Crippen molar-refractivity contribution < 1.29 is 4.74 Å². The average Bonchev–Trinajstić information content (AvgIpc) is 3.09. The summed E-state index contributed by atoms with van der Waals surface area (Å²) < 4.78 is 7.24. The second kappa shape index (κ2) is 6.81. The maximum atomic E-state index is 6.09. The number of anilines is 1. The lowest BCUT2D eigenvalue weighted by Crippen LogP contribution is -2.32. The number of nitrogens with zero attached hydrogens (tertiary/aromatic N) is 3. The molecule has 1 aliphatic heterocycles. The molecule has 23 heavy (non-hydrogen) atoms. The number of aryl methyl sites for hydroxylation is 2. The predicted molar refractivity (Wildman–Crippen MR) is 93.4 cm³/mol. The van der Waals surface area contributed by atoms with Crippen LogP contribution in [0.2, 0.25) is 5.02 Å². The number of halogens is 1. The van der Waals surface area contributed by atoms with Gasteiger partial charge in [-0.2, -0.15) is 5.10 Å². The Kier molecular flexibility index (Phi) is 4.78. The summed E-state index contributed by atoms with van der Waals surface area (Å²) in [6.45, 7) is 4.83. The van der Waals surface area contributed by atoms with Gasteiger partial charge in [-0.3, -0.25) is 0 Å². The minimum atomic E-state index is 0.457. The fourth-order valence-electron chi connectivity index (χ4n) is 3.22. The molecule has 2 heterocycles. The van der Waals surface area contributed by atoms with Crippen molar-refractivity contribution in [1.29, 1.82) is 0 Å². The van der Waals surface area contributed by atoms with Crippen molar-refractivity contribution in [2.75, 3.05) is 25.1 Å². The summed E-state index contributed by atoms with van der Waals surface area (Å²) in [5.41, 5.74) is 3.34. The molecule has 1 aromatic carbocycles. The van der Waals surface area contributed by atoms with Gasteiger partial charge >= 0.3 is 0 Å². The molecule has 2 aromatic rings. The molecule has 1 atom stereocenters. The van der Waals surface area contributed by atoms with E-state index in [4.69, 9.17) is 16.3 Å². The van der Waals surface area contributed by atoms with E-state index < -0.39 is 0 Å². The molecule has 0 radical (unpaired) electrons. The molecule has 6 heteroatoms. The van der Waals surface area contributed by atoms with Gasteiger partial charge in [0.15, 0.2) is 0 Å². The van der Waals surface area contributed by atoms with Gasteiger partial charge in [0.25, 0.3) is 0 Å². The number of aromatic nitrogens is 2. The minimum Gasteiger partial charge on any atom is -0.481 e. The number of hydrogen-bond donors (Lipinski definition) is 1. The zero-order chi connectivity index (χ0) is 16.4. The fraction of sp³-hybridized carbons (Fsp3) is 0.471. The van der Waals surface area contributed by atoms with Crippen molar-refractivity contribution in [2.45, 2.75) is 25.9 Å². The van der Waals surface area contributed by atoms with Crippen molar-refractivity contribution in [3.63, 3.8) is 0 Å². The second-order valence-electron chi connectivity index (χ2n) is 5.99. The molecule has 0 bridgehead atoms. The Labute approximate surface area is 142 Å². The van der Waals surface area contributed by atoms with E-state index in [2.05, 4.69) is 21.4 Å². The third-order valence-corrected chi connectivity index (χ3v) is 4.65. The van der Waals surface area contributed by atoms with Crippen molar-refractivity contribution in [2.24, 2.45) is 7.05 Å². The van der Waals surface area contributed by atoms with Crippen LogP contribution >= 0.6 is 11.6 Å². The zero-order valence-electron chi connectivity index (χ0n) is 13.8. The standard InChI is InChI=1S/C17H23ClN4O/c1-12-16(17(23-3)21(2)20-12)10-19-14-7-8-22(11-14)15-6-4-5-13(18)9-15/h4-6,9,14,19H,7-8,10-11H2,1-3H3/t14-/m0/s1. The van der Waals surface area contributed by atoms with Crippen LogP contribution in [-0.2, 0) is 13.6 Å². The lowest BCUT2D eigenvalue weighted by molar-refractivity contribution is 0.367. The minimum absolute atomic E-state index is 0.457. The van der Waals surface area contributed by atoms with Gasteiger partial charge in [0.1, 0.15) is 0 Å². The molecule has 1 fully saturated rings. The van der Waals surface area contributed by atoms with Crippen LogP contribution in [0.4, 0.5) is 5.69 Å². The van der Waals surface area contributed by atoms with Crippen LogP contribution in [0.5, 0.6) is 5.88 Å². The topological polar surface area (TPSA) is 42.3 Å². The Morgan fingerprint density at radius 2 is 2.26 bits per heavy atom. The average molecular weight is 335 g/mol. The molecule has 1 saturated heterocycles. The van der Waals surface area contributed by atoms with Gasteiger partial charge in [0.2, 0.25) is 5.88 Å². The molecular weight excluding hydrogens is 312 g/mol. The van der Waals surface area contributed by atoms with E-state index in [0.29, 0.717) is 6.04 Å². The third kappa shape index (κ3) is 3.46. The Morgan fingerprint density at radius 3 is 3.00 bits per heavy atom. The highest BCUT2D eigenvalue weighted by molar-refractivity contribution is 6.30. The van der Waals surface area contributed by atoms with Crippen LogP contribution in [0, 0.1) is 6.92 Å². The van der Waals surface area contributed by atoms with Crippen LogP contribution in [-0.4, -0.2) is 36.0 Å². The van der Waals surface area contributed by atoms with E-state index in [1.165, 1.54) is 5.69 Å². The van der Waals surface area contributed by atoms with Crippen LogP contribution in [0.25, 0.3) is 0 Å². The summed E-state index contributed by atoms with van der Waals surface area (Å²) in [7, 11) is 3.60. The quantitative estimate of drug-likeness (QED) is 0.913. The molecular formula is C17H23ClN4O. The first kappa shape index (κ1) is 16.1. The zero-order valence-corrected chi connectivity index (χ0v) is 14.6. The molecule has 124 valence electrons. The number of methoxy groups -OCH3 is 1. The van der Waals surface area contributed by atoms with E-state index in [1.54, 1.807) is 11.8 Å². The third-order valence-electron chi connectivity index (χ3n) is 4.41. The first-order chi connectivity index (χ1) is 11.1. The van der Waals surface area contributed by atoms with Crippen LogP contribution in [0.3, 0.4) is 0 Å². The van der Waals surface area contributed by atoms with E-state index in [9.17, 15) is 0 Å². The lowest BCUT2D eigenvalue weighted by atomic mass is 10.2. The van der Waals surface area contributed by atoms with Crippen molar-refractivity contribution in [1.82, 2.24) is 15.1 Å². The maximum Gasteiger partial charge on any atom is 0.216 e. The van der Waals surface area contributed by atoms with Crippen LogP contribution in [0.15, 0.2) is 24.3 Å². The van der Waals surface area contributed by atoms with Gasteiger partial charge in [-0.05, 0) is 31.5 Å². The molecule has 3 rings (SSSR count). The Morgan fingerprint density at radius 1 is 1.43 bits per heavy atom. The van der Waals surface area contributed by atoms with Gasteiger partial charge in [-0.25, -0.2) is 4.68 Å². The first-order valence-electron chi connectivity index (χ1n) is 7.89. The van der Waals surface area contributed by atoms with E-state index in [1.807, 2.05) is 32.2 Å². The Hall–Kier alpha value is -1.72. The van der Waals surface area contributed by atoms with Crippen molar-refractivity contribution in [3.8, 4) is 5.88 Å². The summed E-state index contributed by atoms with van der Waals surface area (Å²) in [5.74, 6) is 0.833. The lowest BCUT2D eigenvalue weighted by Gasteiger charge is -2.19. The number of ether oxygens (including phenoxy) is 1. The highest BCUT2D eigenvalue weighted by Crippen LogP contribution is 2.25. The van der Waals surface area contributed by atoms with Crippen molar-refractivity contribution >= 4 is 17.3 Å². The Bertz CT molecular complexity index is 685. The highest BCUT2D eigenvalue weighted by Gasteiger charge is 2.23. The van der Waals surface area contributed by atoms with Gasteiger partial charge < -0.3 is 15.0 Å². The normalized spacial score (nSPS) is 17.7. The summed E-state index contributed by atoms with van der Waals surface area (Å²) in [6.07, 6.45) is 1.12. The molecule has 0 spiro atoms. The summed E-state index contributed by atoms with van der Waals surface area (Å²) in [4.78, 5) is 2.37. The molecule has 0 saturated carbocycles. The first-order valence-corrected chi connectivity index (χ1v) is 8.26. The monoisotopic (exact) mass is 334 g/mol. The highest BCUT2D eigenvalue weighted by atomic mass is 35.5. The second-order valence-corrected chi connectivity index (χ2v) is 6.43. The number of nitrogens with one attached hydrogen (secondary N) is 1. The summed E-state index contributed by atoms with van der Waals surface area (Å²) >= 11 is 6.09. The van der Waals surface area contributed by atoms with Crippen LogP contribution < -0.4 is 15.0 Å². The maximum absolute atomic E-state index is 6.09. The van der Waals surface area contributed by atoms with E-state index in [0.717, 1.165) is 48.2 Å². The van der Waals surface area contributed by atoms with E-state index in [-0.39, 0.29) is 0 Å². The largest absolute Gasteiger partial charge is 0.481 e. The van der Waals surface area contributed by atoms with E-state index >= 15 is 0 Å². The van der Waals surface area contributed by atoms with Gasteiger partial charge in [0, 0.05) is 43.4 Å². The van der Waals surface area contributed by atoms with Crippen LogP contribution in [0.1, 0.15) is 17.7 Å². The molecule has 0 unspecified atom stereocenters.